The second-order valence-electron chi connectivity index (χ2n) is 6.04. The molecule has 0 fully saturated rings. The van der Waals surface area contributed by atoms with Gasteiger partial charge in [-0.2, -0.15) is 0 Å². The summed E-state index contributed by atoms with van der Waals surface area (Å²) in [6, 6.07) is 5.65. The summed E-state index contributed by atoms with van der Waals surface area (Å²) in [5, 5.41) is 2.85. The zero-order valence-corrected chi connectivity index (χ0v) is 14.3. The number of benzene rings is 1. The largest absolute Gasteiger partial charge is 0.494 e. The number of hydrogen-bond donors (Lipinski definition) is 1. The van der Waals surface area contributed by atoms with Gasteiger partial charge in [0.05, 0.1) is 12.9 Å². The van der Waals surface area contributed by atoms with Gasteiger partial charge in [0.2, 0.25) is 11.8 Å². The molecule has 132 valence electrons. The molecule has 6 nitrogen and oxygen atoms in total. The van der Waals surface area contributed by atoms with Gasteiger partial charge in [-0.25, -0.2) is 0 Å². The molecule has 1 aromatic rings. The highest BCUT2D eigenvalue weighted by molar-refractivity contribution is 5.94. The van der Waals surface area contributed by atoms with Crippen molar-refractivity contribution in [2.24, 2.45) is 0 Å². The number of carbonyl (C=O) groups excluding carboxylic acids is 2. The highest BCUT2D eigenvalue weighted by Gasteiger charge is 2.16. The summed E-state index contributed by atoms with van der Waals surface area (Å²) in [5.74, 6) is 1.39. The van der Waals surface area contributed by atoms with Crippen LogP contribution in [-0.4, -0.2) is 30.4 Å². The fourth-order valence-corrected chi connectivity index (χ4v) is 2.76. The first kappa shape index (κ1) is 17.1. The van der Waals surface area contributed by atoms with Gasteiger partial charge in [0, 0.05) is 25.6 Å². The Bertz CT molecular complexity index is 724. The molecule has 3 rings (SSSR count). The van der Waals surface area contributed by atoms with E-state index in [9.17, 15) is 9.59 Å². The van der Waals surface area contributed by atoms with Gasteiger partial charge in [-0.15, -0.1) is 0 Å². The van der Waals surface area contributed by atoms with Crippen molar-refractivity contribution in [3.8, 4) is 5.75 Å². The quantitative estimate of drug-likeness (QED) is 0.807. The molecule has 2 aliphatic heterocycles. The number of anilines is 1. The third-order valence-corrected chi connectivity index (χ3v) is 4.19. The summed E-state index contributed by atoms with van der Waals surface area (Å²) in [6.07, 6.45) is 8.38. The van der Waals surface area contributed by atoms with E-state index in [1.165, 1.54) is 4.90 Å². The van der Waals surface area contributed by atoms with Crippen molar-refractivity contribution in [3.63, 3.8) is 0 Å². The van der Waals surface area contributed by atoms with E-state index >= 15 is 0 Å². The van der Waals surface area contributed by atoms with Gasteiger partial charge in [0.15, 0.2) is 5.88 Å². The minimum atomic E-state index is -0.00157. The van der Waals surface area contributed by atoms with Crippen LogP contribution in [0.1, 0.15) is 31.2 Å². The summed E-state index contributed by atoms with van der Waals surface area (Å²) in [5.41, 5.74) is 1.94. The van der Waals surface area contributed by atoms with Crippen molar-refractivity contribution in [2.75, 3.05) is 19.0 Å². The zero-order valence-electron chi connectivity index (χ0n) is 14.3. The number of aryl methyl sites for hydroxylation is 1. The zero-order chi connectivity index (χ0) is 17.6. The Balaban J connectivity index is 1.43. The average Bonchev–Trinajstić information content (AvgIpc) is 2.65. The number of ether oxygens (including phenoxy) is 2. The van der Waals surface area contributed by atoms with Crippen LogP contribution in [-0.2, 0) is 20.7 Å². The molecule has 0 atom stereocenters. The van der Waals surface area contributed by atoms with Gasteiger partial charge < -0.3 is 14.8 Å². The maximum absolute atomic E-state index is 12.2. The van der Waals surface area contributed by atoms with Crippen molar-refractivity contribution < 1.29 is 19.1 Å². The van der Waals surface area contributed by atoms with E-state index < -0.39 is 0 Å². The van der Waals surface area contributed by atoms with E-state index in [1.54, 1.807) is 13.3 Å². The highest BCUT2D eigenvalue weighted by atomic mass is 16.5. The minimum Gasteiger partial charge on any atom is -0.494 e. The molecule has 1 aromatic carbocycles. The van der Waals surface area contributed by atoms with Crippen LogP contribution >= 0.6 is 0 Å². The molecule has 0 aromatic heterocycles. The number of hydrogen-bond acceptors (Lipinski definition) is 4. The summed E-state index contributed by atoms with van der Waals surface area (Å²) in [4.78, 5) is 25.1. The number of allylic oxidation sites excluding steroid dienone is 2. The van der Waals surface area contributed by atoms with Crippen LogP contribution < -0.4 is 10.1 Å². The van der Waals surface area contributed by atoms with Crippen molar-refractivity contribution in [2.45, 2.75) is 32.1 Å². The van der Waals surface area contributed by atoms with Crippen LogP contribution in [0.25, 0.3) is 0 Å². The number of rotatable bonds is 6. The van der Waals surface area contributed by atoms with E-state index in [0.29, 0.717) is 31.8 Å². The normalized spacial score (nSPS) is 15.6. The molecular formula is C19H22N2O4. The lowest BCUT2D eigenvalue weighted by atomic mass is 10.0. The molecular weight excluding hydrogens is 320 g/mol. The summed E-state index contributed by atoms with van der Waals surface area (Å²) < 4.78 is 11.1. The highest BCUT2D eigenvalue weighted by Crippen LogP contribution is 2.26. The monoisotopic (exact) mass is 342 g/mol. The Kier molecular flexibility index (Phi) is 5.38. The molecule has 0 bridgehead atoms. The minimum absolute atomic E-state index is 0.00157. The number of carbonyl (C=O) groups is 2. The third-order valence-electron chi connectivity index (χ3n) is 4.19. The number of fused-ring (bicyclic) bond motifs is 1. The van der Waals surface area contributed by atoms with Crippen molar-refractivity contribution in [3.05, 3.63) is 48.1 Å². The summed E-state index contributed by atoms with van der Waals surface area (Å²) >= 11 is 0. The number of nitrogens with zero attached hydrogens (tertiary/aromatic N) is 1. The van der Waals surface area contributed by atoms with E-state index in [2.05, 4.69) is 5.32 Å². The predicted molar refractivity (Wildman–Crippen MR) is 93.8 cm³/mol. The Labute approximate surface area is 147 Å². The van der Waals surface area contributed by atoms with Gasteiger partial charge in [0.25, 0.3) is 0 Å². The fourth-order valence-electron chi connectivity index (χ4n) is 2.76. The van der Waals surface area contributed by atoms with Crippen molar-refractivity contribution in [1.29, 1.82) is 0 Å². The van der Waals surface area contributed by atoms with Gasteiger partial charge in [-0.05, 0) is 55.2 Å². The summed E-state index contributed by atoms with van der Waals surface area (Å²) in [7, 11) is 1.71. The first-order valence-electron chi connectivity index (χ1n) is 8.47. The van der Waals surface area contributed by atoms with E-state index in [4.69, 9.17) is 9.47 Å². The lowest BCUT2D eigenvalue weighted by Crippen LogP contribution is -2.27. The smallest absolute Gasteiger partial charge is 0.229 e. The Morgan fingerprint density at radius 3 is 3.04 bits per heavy atom. The third kappa shape index (κ3) is 4.41. The first-order valence-corrected chi connectivity index (χ1v) is 8.47. The topological polar surface area (TPSA) is 67.9 Å². The molecule has 2 heterocycles. The lowest BCUT2D eigenvalue weighted by Gasteiger charge is -2.21. The van der Waals surface area contributed by atoms with Gasteiger partial charge in [-0.3, -0.25) is 14.5 Å². The van der Waals surface area contributed by atoms with Crippen LogP contribution in [0.2, 0.25) is 0 Å². The molecule has 0 spiro atoms. The van der Waals surface area contributed by atoms with Gasteiger partial charge >= 0.3 is 0 Å². The van der Waals surface area contributed by atoms with Gasteiger partial charge in [-0.1, -0.05) is 0 Å². The second-order valence-corrected chi connectivity index (χ2v) is 6.04. The fraction of sp³-hybridized carbons (Fsp3) is 0.368. The van der Waals surface area contributed by atoms with Crippen LogP contribution in [0.4, 0.5) is 5.69 Å². The van der Waals surface area contributed by atoms with Gasteiger partial charge in [0.1, 0.15) is 5.75 Å². The summed E-state index contributed by atoms with van der Waals surface area (Å²) in [6.45, 7) is 0.463. The predicted octanol–water partition coefficient (Wildman–Crippen LogP) is 2.96. The second kappa shape index (κ2) is 7.88. The SMILES string of the molecule is CN(C(=O)CCCOc1ccc2c(c1)CCC(=O)N2)C1=CCC=CO1. The molecule has 6 heteroatoms. The average molecular weight is 342 g/mol. The molecule has 0 radical (unpaired) electrons. The maximum Gasteiger partial charge on any atom is 0.229 e. The lowest BCUT2D eigenvalue weighted by molar-refractivity contribution is -0.130. The van der Waals surface area contributed by atoms with Crippen LogP contribution in [0.15, 0.2) is 42.5 Å². The van der Waals surface area contributed by atoms with Crippen molar-refractivity contribution in [1.82, 2.24) is 4.90 Å². The van der Waals surface area contributed by atoms with Crippen LogP contribution in [0, 0.1) is 0 Å². The van der Waals surface area contributed by atoms with E-state index in [0.717, 1.165) is 29.8 Å². The van der Waals surface area contributed by atoms with Crippen LogP contribution in [0.3, 0.4) is 0 Å². The Morgan fingerprint density at radius 2 is 2.24 bits per heavy atom. The maximum atomic E-state index is 12.2. The molecule has 0 saturated heterocycles. The molecule has 25 heavy (non-hydrogen) atoms. The molecule has 2 amide bonds. The Morgan fingerprint density at radius 1 is 1.36 bits per heavy atom. The van der Waals surface area contributed by atoms with Crippen LogP contribution in [0.5, 0.6) is 5.75 Å². The molecule has 0 unspecified atom stereocenters. The molecule has 0 aliphatic carbocycles. The molecule has 0 saturated carbocycles. The van der Waals surface area contributed by atoms with E-state index in [-0.39, 0.29) is 11.8 Å². The number of amides is 2. The number of nitrogens with one attached hydrogen (secondary N) is 1. The Hall–Kier alpha value is -2.76. The van der Waals surface area contributed by atoms with Crippen molar-refractivity contribution >= 4 is 17.5 Å². The van der Waals surface area contributed by atoms with E-state index in [1.807, 2.05) is 30.4 Å². The molecule has 1 N–H and O–H groups in total. The molecule has 2 aliphatic rings. The first-order chi connectivity index (χ1) is 12.1. The standard InChI is InChI=1S/C19H22N2O4/c1-21(19-6-2-3-11-25-19)18(23)5-4-12-24-15-8-9-16-14(13-15)7-10-17(22)20-16/h3,6,8-9,11,13H,2,4-5,7,10,12H2,1H3,(H,20,22).